The maximum Gasteiger partial charge on any atom is 0.344 e. The zero-order valence-electron chi connectivity index (χ0n) is 13.6. The van der Waals surface area contributed by atoms with Gasteiger partial charge in [-0.1, -0.05) is 12.1 Å². The molecule has 23 heavy (non-hydrogen) atoms. The number of esters is 1. The van der Waals surface area contributed by atoms with Gasteiger partial charge in [-0.15, -0.1) is 0 Å². The average molecular weight is 320 g/mol. The van der Waals surface area contributed by atoms with Crippen molar-refractivity contribution in [2.75, 3.05) is 19.8 Å². The van der Waals surface area contributed by atoms with E-state index in [0.29, 0.717) is 18.8 Å². The third-order valence-corrected chi connectivity index (χ3v) is 3.77. The Kier molecular flexibility index (Phi) is 7.07. The largest absolute Gasteiger partial charge is 0.482 e. The van der Waals surface area contributed by atoms with Crippen molar-refractivity contribution in [1.82, 2.24) is 0 Å². The maximum atomic E-state index is 11.6. The van der Waals surface area contributed by atoms with Crippen LogP contribution in [0.3, 0.4) is 0 Å². The van der Waals surface area contributed by atoms with Crippen LogP contribution in [0, 0.1) is 0 Å². The van der Waals surface area contributed by atoms with Crippen LogP contribution in [0.2, 0.25) is 0 Å². The summed E-state index contributed by atoms with van der Waals surface area (Å²) in [6.07, 6.45) is 4.37. The molecule has 0 amide bonds. The highest BCUT2D eigenvalue weighted by molar-refractivity contribution is 5.75. The fraction of sp³-hybridized carbons (Fsp3) is 0.556. The first kappa shape index (κ1) is 17.5. The monoisotopic (exact) mass is 320 g/mol. The molecule has 1 saturated heterocycles. The molecule has 1 aromatic rings. The highest BCUT2D eigenvalue weighted by atomic mass is 16.6. The van der Waals surface area contributed by atoms with Gasteiger partial charge >= 0.3 is 5.97 Å². The first-order chi connectivity index (χ1) is 11.1. The number of rotatable bonds is 9. The van der Waals surface area contributed by atoms with Gasteiger partial charge in [0.25, 0.3) is 0 Å². The van der Waals surface area contributed by atoms with Gasteiger partial charge < -0.3 is 19.0 Å². The summed E-state index contributed by atoms with van der Waals surface area (Å²) in [5.41, 5.74) is 1.08. The van der Waals surface area contributed by atoms with Crippen molar-refractivity contribution in [2.24, 2.45) is 0 Å². The number of Topliss-reactive ketones (excluding diaryl/α,β-unsaturated/α-hetero) is 1. The first-order valence-corrected chi connectivity index (χ1v) is 8.12. The summed E-state index contributed by atoms with van der Waals surface area (Å²) in [6, 6.07) is 7.41. The molecule has 0 saturated carbocycles. The van der Waals surface area contributed by atoms with Gasteiger partial charge in [0, 0.05) is 19.4 Å². The average Bonchev–Trinajstić information content (AvgIpc) is 3.05. The number of benzene rings is 1. The Morgan fingerprint density at radius 3 is 2.70 bits per heavy atom. The van der Waals surface area contributed by atoms with E-state index < -0.39 is 0 Å². The van der Waals surface area contributed by atoms with E-state index in [1.54, 1.807) is 19.1 Å². The van der Waals surface area contributed by atoms with Gasteiger partial charge in [0.15, 0.2) is 6.61 Å². The predicted molar refractivity (Wildman–Crippen MR) is 85.5 cm³/mol. The topological polar surface area (TPSA) is 61.8 Å². The molecule has 2 rings (SSSR count). The molecular weight excluding hydrogens is 296 g/mol. The van der Waals surface area contributed by atoms with Crippen molar-refractivity contribution in [3.63, 3.8) is 0 Å². The van der Waals surface area contributed by atoms with Gasteiger partial charge in [-0.2, -0.15) is 0 Å². The van der Waals surface area contributed by atoms with Crippen LogP contribution in [0.4, 0.5) is 0 Å². The minimum atomic E-state index is -0.372. The summed E-state index contributed by atoms with van der Waals surface area (Å²) in [7, 11) is 0. The lowest BCUT2D eigenvalue weighted by atomic mass is 10.1. The van der Waals surface area contributed by atoms with Crippen LogP contribution in [0.1, 0.15) is 38.2 Å². The highest BCUT2D eigenvalue weighted by Gasteiger charge is 2.15. The molecule has 0 spiro atoms. The van der Waals surface area contributed by atoms with Gasteiger partial charge in [-0.3, -0.25) is 0 Å². The molecule has 0 aromatic heterocycles. The molecule has 1 heterocycles. The van der Waals surface area contributed by atoms with Crippen LogP contribution in [-0.2, 0) is 25.5 Å². The fourth-order valence-corrected chi connectivity index (χ4v) is 2.43. The van der Waals surface area contributed by atoms with Crippen LogP contribution in [0.15, 0.2) is 24.3 Å². The molecule has 0 aliphatic carbocycles. The maximum absolute atomic E-state index is 11.6. The molecule has 1 aromatic carbocycles. The van der Waals surface area contributed by atoms with Crippen molar-refractivity contribution in [3.8, 4) is 5.75 Å². The molecule has 0 radical (unpaired) electrons. The number of hydrogen-bond donors (Lipinski definition) is 0. The van der Waals surface area contributed by atoms with E-state index in [0.717, 1.165) is 37.9 Å². The number of hydrogen-bond acceptors (Lipinski definition) is 5. The molecular formula is C18H24O5. The second-order valence-corrected chi connectivity index (χ2v) is 5.78. The quantitative estimate of drug-likeness (QED) is 0.655. The smallest absolute Gasteiger partial charge is 0.344 e. The van der Waals surface area contributed by atoms with Crippen molar-refractivity contribution in [3.05, 3.63) is 29.8 Å². The predicted octanol–water partition coefficient (Wildman–Crippen LogP) is 2.70. The summed E-state index contributed by atoms with van der Waals surface area (Å²) in [5.74, 6) is 0.424. The first-order valence-electron chi connectivity index (χ1n) is 8.12. The normalized spacial score (nSPS) is 17.0. The van der Waals surface area contributed by atoms with Crippen molar-refractivity contribution < 1.29 is 23.8 Å². The summed E-state index contributed by atoms with van der Waals surface area (Å²) in [6.45, 7) is 2.67. The van der Waals surface area contributed by atoms with Crippen LogP contribution in [0.25, 0.3) is 0 Å². The summed E-state index contributed by atoms with van der Waals surface area (Å²) >= 11 is 0. The van der Waals surface area contributed by atoms with Crippen LogP contribution in [-0.4, -0.2) is 37.7 Å². The lowest BCUT2D eigenvalue weighted by molar-refractivity contribution is -0.146. The molecule has 0 bridgehead atoms. The Morgan fingerprint density at radius 2 is 2.04 bits per heavy atom. The third-order valence-electron chi connectivity index (χ3n) is 3.77. The van der Waals surface area contributed by atoms with Crippen molar-refractivity contribution in [1.29, 1.82) is 0 Å². The molecule has 5 nitrogen and oxygen atoms in total. The van der Waals surface area contributed by atoms with E-state index in [-0.39, 0.29) is 24.5 Å². The van der Waals surface area contributed by atoms with E-state index >= 15 is 0 Å². The molecule has 126 valence electrons. The molecule has 0 unspecified atom stereocenters. The SMILES string of the molecule is CC(=O)CCc1ccc(OCC(=O)OCC[C@@H]2CCCO2)cc1. The number of ether oxygens (including phenoxy) is 3. The van der Waals surface area contributed by atoms with Gasteiger partial charge in [-0.05, 0) is 43.9 Å². The lowest BCUT2D eigenvalue weighted by Gasteiger charge is -2.10. The lowest BCUT2D eigenvalue weighted by Crippen LogP contribution is -2.18. The third kappa shape index (κ3) is 6.82. The van der Waals surface area contributed by atoms with Gasteiger partial charge in [-0.25, -0.2) is 4.79 Å². The van der Waals surface area contributed by atoms with Crippen LogP contribution in [0.5, 0.6) is 5.75 Å². The Balaban J connectivity index is 1.62. The Morgan fingerprint density at radius 1 is 1.26 bits per heavy atom. The summed E-state index contributed by atoms with van der Waals surface area (Å²) in [5, 5.41) is 0. The molecule has 5 heteroatoms. The van der Waals surface area contributed by atoms with Gasteiger partial charge in [0.05, 0.1) is 12.7 Å². The number of carbonyl (C=O) groups excluding carboxylic acids is 2. The van der Waals surface area contributed by atoms with E-state index in [9.17, 15) is 9.59 Å². The van der Waals surface area contributed by atoms with Crippen molar-refractivity contribution in [2.45, 2.75) is 45.1 Å². The molecule has 1 aliphatic rings. The zero-order chi connectivity index (χ0) is 16.5. The number of carbonyl (C=O) groups is 2. The fourth-order valence-electron chi connectivity index (χ4n) is 2.43. The Bertz CT molecular complexity index is 503. The Hall–Kier alpha value is -1.88. The van der Waals surface area contributed by atoms with E-state index in [1.807, 2.05) is 12.1 Å². The highest BCUT2D eigenvalue weighted by Crippen LogP contribution is 2.15. The molecule has 1 atom stereocenters. The Labute approximate surface area is 136 Å². The van der Waals surface area contributed by atoms with E-state index in [4.69, 9.17) is 14.2 Å². The minimum absolute atomic E-state index is 0.0989. The second-order valence-electron chi connectivity index (χ2n) is 5.78. The van der Waals surface area contributed by atoms with Gasteiger partial charge in [0.1, 0.15) is 11.5 Å². The standard InChI is InChI=1S/C18H24O5/c1-14(19)4-5-15-6-8-17(9-7-15)23-13-18(20)22-12-10-16-3-2-11-21-16/h6-9,16H,2-5,10-13H2,1H3/t16-/m0/s1. The van der Waals surface area contributed by atoms with Crippen LogP contribution >= 0.6 is 0 Å². The zero-order valence-corrected chi connectivity index (χ0v) is 13.6. The summed E-state index contributed by atoms with van der Waals surface area (Å²) in [4.78, 5) is 22.6. The second kappa shape index (κ2) is 9.30. The van der Waals surface area contributed by atoms with Crippen molar-refractivity contribution >= 4 is 11.8 Å². The van der Waals surface area contributed by atoms with E-state index in [2.05, 4.69) is 0 Å². The number of aryl methyl sites for hydroxylation is 1. The summed E-state index contributed by atoms with van der Waals surface area (Å²) < 4.78 is 16.0. The minimum Gasteiger partial charge on any atom is -0.482 e. The molecule has 1 aliphatic heterocycles. The molecule has 0 N–H and O–H groups in total. The van der Waals surface area contributed by atoms with E-state index in [1.165, 1.54) is 0 Å². The van der Waals surface area contributed by atoms with Crippen LogP contribution < -0.4 is 4.74 Å². The molecule has 1 fully saturated rings. The van der Waals surface area contributed by atoms with Gasteiger partial charge in [0.2, 0.25) is 0 Å². The number of ketones is 1.